The molecule has 108 valence electrons. The van der Waals surface area contributed by atoms with Crippen LogP contribution in [-0.2, 0) is 0 Å². The van der Waals surface area contributed by atoms with E-state index in [9.17, 15) is 4.79 Å². The number of aldehydes is 1. The predicted molar refractivity (Wildman–Crippen MR) is 89.3 cm³/mol. The maximum Gasteiger partial charge on any atom is 0.152 e. The molecular weight excluding hydrogens is 270 g/mol. The van der Waals surface area contributed by atoms with Crippen molar-refractivity contribution in [1.29, 1.82) is 0 Å². The minimum Gasteiger partial charge on any atom is -0.298 e. The van der Waals surface area contributed by atoms with Crippen LogP contribution in [0.25, 0.3) is 22.0 Å². The Balaban J connectivity index is 2.09. The summed E-state index contributed by atoms with van der Waals surface area (Å²) in [4.78, 5) is 16.6. The molecule has 1 aliphatic carbocycles. The largest absolute Gasteiger partial charge is 0.298 e. The van der Waals surface area contributed by atoms with Crippen molar-refractivity contribution in [3.63, 3.8) is 0 Å². The Morgan fingerprint density at radius 3 is 2.45 bits per heavy atom. The third kappa shape index (κ3) is 2.12. The van der Waals surface area contributed by atoms with Crippen LogP contribution in [0.3, 0.4) is 0 Å². The Morgan fingerprint density at radius 1 is 1.05 bits per heavy atom. The molecule has 0 N–H and O–H groups in total. The molecule has 1 fully saturated rings. The molecule has 22 heavy (non-hydrogen) atoms. The van der Waals surface area contributed by atoms with E-state index < -0.39 is 0 Å². The van der Waals surface area contributed by atoms with Crippen molar-refractivity contribution in [2.45, 2.75) is 25.7 Å². The van der Waals surface area contributed by atoms with Crippen LogP contribution in [0.2, 0.25) is 0 Å². The van der Waals surface area contributed by atoms with Crippen LogP contribution in [0.5, 0.6) is 0 Å². The van der Waals surface area contributed by atoms with Gasteiger partial charge >= 0.3 is 0 Å². The van der Waals surface area contributed by atoms with Crippen LogP contribution >= 0.6 is 0 Å². The van der Waals surface area contributed by atoms with Gasteiger partial charge in [0.25, 0.3) is 0 Å². The number of hydrogen-bond donors (Lipinski definition) is 0. The smallest absolute Gasteiger partial charge is 0.152 e. The fraction of sp³-hybridized carbons (Fsp3) is 0.200. The minimum atomic E-state index is 0.453. The monoisotopic (exact) mass is 287 g/mol. The Morgan fingerprint density at radius 2 is 1.77 bits per heavy atom. The lowest BCUT2D eigenvalue weighted by atomic mass is 9.93. The van der Waals surface area contributed by atoms with Gasteiger partial charge in [0.1, 0.15) is 0 Å². The van der Waals surface area contributed by atoms with Crippen LogP contribution in [-0.4, -0.2) is 11.3 Å². The molecule has 0 saturated heterocycles. The lowest BCUT2D eigenvalue weighted by molar-refractivity contribution is 0.112. The van der Waals surface area contributed by atoms with Crippen LogP contribution in [0, 0.1) is 6.92 Å². The fourth-order valence-corrected chi connectivity index (χ4v) is 3.06. The molecule has 0 amide bonds. The second-order valence-corrected chi connectivity index (χ2v) is 6.06. The summed E-state index contributed by atoms with van der Waals surface area (Å²) in [6.07, 6.45) is 3.27. The zero-order valence-electron chi connectivity index (χ0n) is 12.5. The summed E-state index contributed by atoms with van der Waals surface area (Å²) >= 11 is 0. The Labute approximate surface area is 129 Å². The van der Waals surface area contributed by atoms with Gasteiger partial charge in [-0.1, -0.05) is 48.0 Å². The Kier molecular flexibility index (Phi) is 3.04. The molecule has 1 aromatic heterocycles. The van der Waals surface area contributed by atoms with E-state index in [-0.39, 0.29) is 0 Å². The maximum absolute atomic E-state index is 11.8. The highest BCUT2D eigenvalue weighted by atomic mass is 16.1. The van der Waals surface area contributed by atoms with Crippen molar-refractivity contribution in [3.8, 4) is 11.1 Å². The van der Waals surface area contributed by atoms with Crippen molar-refractivity contribution in [1.82, 2.24) is 4.98 Å². The van der Waals surface area contributed by atoms with E-state index in [0.717, 1.165) is 52.4 Å². The van der Waals surface area contributed by atoms with Gasteiger partial charge in [0, 0.05) is 22.4 Å². The van der Waals surface area contributed by atoms with Crippen molar-refractivity contribution in [2.75, 3.05) is 0 Å². The summed E-state index contributed by atoms with van der Waals surface area (Å²) < 4.78 is 0. The summed E-state index contributed by atoms with van der Waals surface area (Å²) in [6.45, 7) is 2.07. The van der Waals surface area contributed by atoms with E-state index >= 15 is 0 Å². The van der Waals surface area contributed by atoms with E-state index in [1.807, 2.05) is 18.2 Å². The van der Waals surface area contributed by atoms with E-state index in [0.29, 0.717) is 5.92 Å². The molecule has 2 nitrogen and oxygen atoms in total. The summed E-state index contributed by atoms with van der Waals surface area (Å²) in [5, 5.41) is 1.05. The van der Waals surface area contributed by atoms with E-state index in [4.69, 9.17) is 4.98 Å². The molecule has 4 rings (SSSR count). The van der Waals surface area contributed by atoms with Crippen LogP contribution in [0.1, 0.15) is 40.4 Å². The van der Waals surface area contributed by atoms with Gasteiger partial charge in [0.15, 0.2) is 6.29 Å². The van der Waals surface area contributed by atoms with Crippen LogP contribution < -0.4 is 0 Å². The fourth-order valence-electron chi connectivity index (χ4n) is 3.06. The van der Waals surface area contributed by atoms with Gasteiger partial charge in [-0.25, -0.2) is 0 Å². The standard InChI is InChI=1S/C20H17NO/c1-13-6-8-14(9-7-13)19-16-4-2-3-5-18(16)21-20(15-10-11-15)17(19)12-22/h2-9,12,15H,10-11H2,1H3. The van der Waals surface area contributed by atoms with Gasteiger partial charge in [0.2, 0.25) is 0 Å². The normalized spacial score (nSPS) is 14.2. The molecule has 0 unspecified atom stereocenters. The number of aromatic nitrogens is 1. The summed E-state index contributed by atoms with van der Waals surface area (Å²) in [6, 6.07) is 16.5. The van der Waals surface area contributed by atoms with E-state index in [1.165, 1.54) is 5.56 Å². The number of para-hydroxylation sites is 1. The Hall–Kier alpha value is -2.48. The average Bonchev–Trinajstić information content (AvgIpc) is 3.39. The molecule has 1 saturated carbocycles. The van der Waals surface area contributed by atoms with Crippen molar-refractivity contribution < 1.29 is 4.79 Å². The molecule has 1 aliphatic rings. The predicted octanol–water partition coefficient (Wildman–Crippen LogP) is 4.90. The highest BCUT2D eigenvalue weighted by Crippen LogP contribution is 2.44. The Bertz CT molecular complexity index is 861. The third-order valence-corrected chi connectivity index (χ3v) is 4.38. The number of aryl methyl sites for hydroxylation is 1. The molecule has 0 bridgehead atoms. The number of nitrogens with zero attached hydrogens (tertiary/aromatic N) is 1. The molecule has 3 aromatic rings. The molecule has 0 spiro atoms. The first kappa shape index (κ1) is 13.2. The van der Waals surface area contributed by atoms with Gasteiger partial charge in [0.05, 0.1) is 11.2 Å². The van der Waals surface area contributed by atoms with Gasteiger partial charge in [-0.3, -0.25) is 9.78 Å². The zero-order chi connectivity index (χ0) is 15.1. The first-order valence-electron chi connectivity index (χ1n) is 7.73. The van der Waals surface area contributed by atoms with Gasteiger partial charge in [-0.2, -0.15) is 0 Å². The van der Waals surface area contributed by atoms with Crippen LogP contribution in [0.15, 0.2) is 48.5 Å². The first-order chi connectivity index (χ1) is 10.8. The van der Waals surface area contributed by atoms with Gasteiger partial charge in [-0.15, -0.1) is 0 Å². The van der Waals surface area contributed by atoms with E-state index in [2.05, 4.69) is 37.3 Å². The SMILES string of the molecule is Cc1ccc(-c2c(C=O)c(C3CC3)nc3ccccc23)cc1. The zero-order valence-corrected chi connectivity index (χ0v) is 12.5. The number of rotatable bonds is 3. The molecular formula is C20H17NO. The van der Waals surface area contributed by atoms with Gasteiger partial charge in [-0.05, 0) is 31.4 Å². The summed E-state index contributed by atoms with van der Waals surface area (Å²) in [7, 11) is 0. The van der Waals surface area contributed by atoms with E-state index in [1.54, 1.807) is 0 Å². The molecule has 1 heterocycles. The molecule has 0 atom stereocenters. The first-order valence-corrected chi connectivity index (χ1v) is 7.73. The molecule has 0 aliphatic heterocycles. The maximum atomic E-state index is 11.8. The lowest BCUT2D eigenvalue weighted by Gasteiger charge is -2.14. The van der Waals surface area contributed by atoms with Gasteiger partial charge < -0.3 is 0 Å². The number of carbonyl (C=O) groups excluding carboxylic acids is 1. The summed E-state index contributed by atoms with van der Waals surface area (Å²) in [5.74, 6) is 0.453. The number of hydrogen-bond acceptors (Lipinski definition) is 2. The van der Waals surface area contributed by atoms with Crippen molar-refractivity contribution in [3.05, 3.63) is 65.4 Å². The molecule has 2 aromatic carbocycles. The molecule has 0 radical (unpaired) electrons. The van der Waals surface area contributed by atoms with Crippen LogP contribution in [0.4, 0.5) is 0 Å². The average molecular weight is 287 g/mol. The topological polar surface area (TPSA) is 30.0 Å². The summed E-state index contributed by atoms with van der Waals surface area (Å²) in [5.41, 5.74) is 6.06. The second kappa shape index (κ2) is 5.06. The van der Waals surface area contributed by atoms with Crippen molar-refractivity contribution >= 4 is 17.2 Å². The third-order valence-electron chi connectivity index (χ3n) is 4.38. The van der Waals surface area contributed by atoms with Crippen molar-refractivity contribution in [2.24, 2.45) is 0 Å². The highest BCUT2D eigenvalue weighted by molar-refractivity contribution is 6.03. The number of benzene rings is 2. The lowest BCUT2D eigenvalue weighted by Crippen LogP contribution is -2.00. The quantitative estimate of drug-likeness (QED) is 0.641. The molecule has 2 heteroatoms. The minimum absolute atomic E-state index is 0.453. The number of pyridine rings is 1. The number of carbonyl (C=O) groups is 1. The second-order valence-electron chi connectivity index (χ2n) is 6.06. The highest BCUT2D eigenvalue weighted by Gasteiger charge is 2.30. The number of fused-ring (bicyclic) bond motifs is 1.